The third-order valence-electron chi connectivity index (χ3n) is 2.93. The number of aromatic nitrogens is 2. The van der Waals surface area contributed by atoms with Crippen LogP contribution in [0.4, 0.5) is 13.2 Å². The topological polar surface area (TPSA) is 54.2 Å². The van der Waals surface area contributed by atoms with E-state index < -0.39 is 11.9 Å². The Kier molecular flexibility index (Phi) is 8.00. The fourth-order valence-electron chi connectivity index (χ4n) is 1.98. The van der Waals surface area contributed by atoms with Crippen LogP contribution < -0.4 is 10.6 Å². The molecule has 24 heavy (non-hydrogen) atoms. The first-order valence-electron chi connectivity index (χ1n) is 7.04. The highest BCUT2D eigenvalue weighted by atomic mass is 127. The second-order valence-electron chi connectivity index (χ2n) is 4.80. The lowest BCUT2D eigenvalue weighted by Crippen LogP contribution is -2.36. The molecule has 0 aliphatic heterocycles. The Morgan fingerprint density at radius 1 is 1.38 bits per heavy atom. The Morgan fingerprint density at radius 2 is 2.12 bits per heavy atom. The normalized spacial score (nSPS) is 12.0. The minimum atomic E-state index is -4.48. The molecule has 2 rings (SSSR count). The van der Waals surface area contributed by atoms with Crippen LogP contribution >= 0.6 is 35.3 Å². The molecule has 5 nitrogen and oxygen atoms in total. The maximum atomic E-state index is 12.9. The highest BCUT2D eigenvalue weighted by Crippen LogP contribution is 2.30. The molecule has 0 unspecified atom stereocenters. The van der Waals surface area contributed by atoms with Crippen molar-refractivity contribution < 1.29 is 13.2 Å². The van der Waals surface area contributed by atoms with Crippen LogP contribution in [0.2, 0.25) is 0 Å². The Hall–Kier alpha value is -1.30. The van der Waals surface area contributed by atoms with Gasteiger partial charge in [-0.25, -0.2) is 4.99 Å². The largest absolute Gasteiger partial charge is 0.435 e. The van der Waals surface area contributed by atoms with Gasteiger partial charge in [-0.05, 0) is 18.4 Å². The summed E-state index contributed by atoms with van der Waals surface area (Å²) in [5.74, 6) is 0.470. The van der Waals surface area contributed by atoms with Crippen LogP contribution in [-0.2, 0) is 26.3 Å². The molecular weight excluding hydrogens is 454 g/mol. The summed E-state index contributed by atoms with van der Waals surface area (Å²) in [6.45, 7) is 2.99. The monoisotopic (exact) mass is 473 g/mol. The van der Waals surface area contributed by atoms with E-state index in [1.54, 1.807) is 11.3 Å². The average Bonchev–Trinajstić information content (AvgIpc) is 3.10. The Balaban J connectivity index is 0.00000288. The molecule has 0 atom stereocenters. The van der Waals surface area contributed by atoms with Gasteiger partial charge in [-0.3, -0.25) is 4.68 Å². The van der Waals surface area contributed by atoms with Gasteiger partial charge in [0.25, 0.3) is 0 Å². The molecule has 0 saturated carbocycles. The maximum absolute atomic E-state index is 12.9. The lowest BCUT2D eigenvalue weighted by molar-refractivity contribution is -0.142. The summed E-state index contributed by atoms with van der Waals surface area (Å²) in [7, 11) is 1.46. The second kappa shape index (κ2) is 9.25. The molecule has 0 bridgehead atoms. The average molecular weight is 473 g/mol. The van der Waals surface area contributed by atoms with Crippen molar-refractivity contribution in [3.63, 3.8) is 0 Å². The smallest absolute Gasteiger partial charge is 0.357 e. The number of alkyl halides is 3. The van der Waals surface area contributed by atoms with Gasteiger partial charge in [-0.1, -0.05) is 6.07 Å². The molecule has 2 aromatic rings. The number of aryl methyl sites for hydroxylation is 1. The maximum Gasteiger partial charge on any atom is 0.435 e. The van der Waals surface area contributed by atoms with Gasteiger partial charge < -0.3 is 10.6 Å². The summed E-state index contributed by atoms with van der Waals surface area (Å²) in [6, 6.07) is 3.92. The molecule has 2 heterocycles. The first-order chi connectivity index (χ1) is 10.9. The summed E-state index contributed by atoms with van der Waals surface area (Å²) in [4.78, 5) is 5.33. The van der Waals surface area contributed by atoms with Crippen LogP contribution in [0.1, 0.15) is 23.1 Å². The SMILES string of the molecule is CCNC(=NCc1cn(C)nc1C(F)(F)F)NCc1cccs1.I. The third kappa shape index (κ3) is 5.96. The van der Waals surface area contributed by atoms with Gasteiger partial charge in [-0.15, -0.1) is 35.3 Å². The number of nitrogens with one attached hydrogen (secondary N) is 2. The first kappa shape index (κ1) is 20.7. The van der Waals surface area contributed by atoms with Gasteiger partial charge in [0.15, 0.2) is 11.7 Å². The summed E-state index contributed by atoms with van der Waals surface area (Å²) >= 11 is 1.60. The minimum Gasteiger partial charge on any atom is -0.357 e. The van der Waals surface area contributed by atoms with Crippen LogP contribution in [0.15, 0.2) is 28.7 Å². The molecule has 0 amide bonds. The quantitative estimate of drug-likeness (QED) is 0.398. The zero-order valence-corrected chi connectivity index (χ0v) is 16.4. The lowest BCUT2D eigenvalue weighted by atomic mass is 10.2. The predicted molar refractivity (Wildman–Crippen MR) is 99.6 cm³/mol. The van der Waals surface area contributed by atoms with Crippen molar-refractivity contribution in [3.8, 4) is 0 Å². The molecule has 0 aliphatic carbocycles. The number of hydrogen-bond acceptors (Lipinski definition) is 3. The third-order valence-corrected chi connectivity index (χ3v) is 3.81. The number of guanidine groups is 1. The van der Waals surface area contributed by atoms with Crippen LogP contribution in [0.3, 0.4) is 0 Å². The molecular formula is C14H19F3IN5S. The van der Waals surface area contributed by atoms with Gasteiger partial charge in [0.1, 0.15) is 0 Å². The van der Waals surface area contributed by atoms with E-state index in [1.165, 1.54) is 13.2 Å². The molecule has 10 heteroatoms. The van der Waals surface area contributed by atoms with E-state index in [0.717, 1.165) is 9.56 Å². The van der Waals surface area contributed by atoms with Gasteiger partial charge in [-0.2, -0.15) is 18.3 Å². The standard InChI is InChI=1S/C14H18F3N5S.HI/c1-3-18-13(20-8-11-5-4-6-23-11)19-7-10-9-22(2)21-12(10)14(15,16)17;/h4-6,9H,3,7-8H2,1-2H3,(H2,18,19,20);1H. The van der Waals surface area contributed by atoms with Crippen molar-refractivity contribution in [3.05, 3.63) is 39.8 Å². The molecule has 0 aromatic carbocycles. The number of hydrogen-bond donors (Lipinski definition) is 2. The Labute approximate surface area is 159 Å². The van der Waals surface area contributed by atoms with Crippen LogP contribution in [0.25, 0.3) is 0 Å². The molecule has 0 fully saturated rings. The van der Waals surface area contributed by atoms with Crippen LogP contribution in [-0.4, -0.2) is 22.3 Å². The van der Waals surface area contributed by atoms with E-state index >= 15 is 0 Å². The number of aliphatic imine (C=N–C) groups is 1. The van der Waals surface area contributed by atoms with Crippen molar-refractivity contribution >= 4 is 41.3 Å². The first-order valence-corrected chi connectivity index (χ1v) is 7.92. The van der Waals surface area contributed by atoms with E-state index in [4.69, 9.17) is 0 Å². The molecule has 2 aromatic heterocycles. The van der Waals surface area contributed by atoms with E-state index in [1.807, 2.05) is 24.4 Å². The van der Waals surface area contributed by atoms with Crippen molar-refractivity contribution in [1.29, 1.82) is 0 Å². The van der Waals surface area contributed by atoms with E-state index in [2.05, 4.69) is 20.7 Å². The predicted octanol–water partition coefficient (Wildman–Crippen LogP) is 3.37. The second-order valence-corrected chi connectivity index (χ2v) is 5.83. The van der Waals surface area contributed by atoms with Crippen molar-refractivity contribution in [1.82, 2.24) is 20.4 Å². The molecule has 134 valence electrons. The Morgan fingerprint density at radius 3 is 2.71 bits per heavy atom. The van der Waals surface area contributed by atoms with Crippen molar-refractivity contribution in [2.24, 2.45) is 12.0 Å². The van der Waals surface area contributed by atoms with Gasteiger partial charge in [0.05, 0.1) is 13.1 Å². The Bertz CT molecular complexity index is 652. The van der Waals surface area contributed by atoms with E-state index in [0.29, 0.717) is 19.0 Å². The highest BCUT2D eigenvalue weighted by Gasteiger charge is 2.36. The number of halogens is 4. The zero-order chi connectivity index (χ0) is 16.9. The van der Waals surface area contributed by atoms with Crippen molar-refractivity contribution in [2.45, 2.75) is 26.2 Å². The number of rotatable bonds is 5. The minimum absolute atomic E-state index is 0. The molecule has 0 radical (unpaired) electrons. The van der Waals surface area contributed by atoms with Crippen LogP contribution in [0, 0.1) is 0 Å². The zero-order valence-electron chi connectivity index (χ0n) is 13.2. The lowest BCUT2D eigenvalue weighted by Gasteiger charge is -2.10. The fourth-order valence-corrected chi connectivity index (χ4v) is 2.63. The summed E-state index contributed by atoms with van der Waals surface area (Å²) in [5, 5.41) is 11.6. The summed E-state index contributed by atoms with van der Waals surface area (Å²) in [5.41, 5.74) is -0.841. The molecule has 0 spiro atoms. The highest BCUT2D eigenvalue weighted by molar-refractivity contribution is 14.0. The number of nitrogens with zero attached hydrogens (tertiary/aromatic N) is 3. The fraction of sp³-hybridized carbons (Fsp3) is 0.429. The molecule has 0 aliphatic rings. The van der Waals surface area contributed by atoms with E-state index in [9.17, 15) is 13.2 Å². The van der Waals surface area contributed by atoms with Gasteiger partial charge in [0, 0.05) is 30.2 Å². The summed E-state index contributed by atoms with van der Waals surface area (Å²) in [6.07, 6.45) is -3.13. The number of thiophene rings is 1. The summed E-state index contributed by atoms with van der Waals surface area (Å²) < 4.78 is 39.9. The van der Waals surface area contributed by atoms with Gasteiger partial charge in [0.2, 0.25) is 0 Å². The van der Waals surface area contributed by atoms with E-state index in [-0.39, 0.29) is 36.1 Å². The van der Waals surface area contributed by atoms with Crippen LogP contribution in [0.5, 0.6) is 0 Å². The molecule has 2 N–H and O–H groups in total. The van der Waals surface area contributed by atoms with Gasteiger partial charge >= 0.3 is 6.18 Å². The van der Waals surface area contributed by atoms with Crippen molar-refractivity contribution in [2.75, 3.05) is 6.54 Å². The molecule has 0 saturated heterocycles.